The summed E-state index contributed by atoms with van der Waals surface area (Å²) in [5.74, 6) is -0.383. The average Bonchev–Trinajstić information content (AvgIpc) is 3.49. The van der Waals surface area contributed by atoms with Crippen LogP contribution in [0.15, 0.2) is 68.1 Å². The Bertz CT molecular complexity index is 1280. The standard InChI is InChI=1S/C20H20N4O4S3/c1-22(2)31(27,28)14-7-8-19(25)23(12-14)13-20(26)24-16(18-6-4-10-30-18)11-15(21-24)17-5-3-9-29-17/h3-10,12,16H,11,13H2,1-2H3. The fourth-order valence-corrected chi connectivity index (χ4v) is 5.70. The monoisotopic (exact) mass is 476 g/mol. The third kappa shape index (κ3) is 4.26. The van der Waals surface area contributed by atoms with Crippen molar-refractivity contribution in [3.63, 3.8) is 0 Å². The summed E-state index contributed by atoms with van der Waals surface area (Å²) in [6, 6.07) is 9.92. The van der Waals surface area contributed by atoms with Gasteiger partial charge in [-0.15, -0.1) is 22.7 Å². The SMILES string of the molecule is CN(C)S(=O)(=O)c1ccc(=O)n(CC(=O)N2N=C(c3cccs3)CC2c2cccs2)c1. The largest absolute Gasteiger partial charge is 0.305 e. The molecule has 0 fully saturated rings. The van der Waals surface area contributed by atoms with E-state index in [4.69, 9.17) is 0 Å². The molecule has 3 aromatic rings. The van der Waals surface area contributed by atoms with Crippen LogP contribution in [0.1, 0.15) is 22.2 Å². The van der Waals surface area contributed by atoms with Crippen LogP contribution in [-0.4, -0.2) is 48.0 Å². The van der Waals surface area contributed by atoms with Crippen molar-refractivity contribution in [1.82, 2.24) is 13.9 Å². The maximum Gasteiger partial charge on any atom is 0.263 e. The van der Waals surface area contributed by atoms with Crippen LogP contribution in [0.3, 0.4) is 0 Å². The van der Waals surface area contributed by atoms with Gasteiger partial charge in [0, 0.05) is 37.7 Å². The third-order valence-electron chi connectivity index (χ3n) is 4.88. The van der Waals surface area contributed by atoms with Crippen molar-refractivity contribution in [2.45, 2.75) is 23.9 Å². The van der Waals surface area contributed by atoms with Gasteiger partial charge >= 0.3 is 0 Å². The van der Waals surface area contributed by atoms with E-state index in [9.17, 15) is 18.0 Å². The third-order valence-corrected chi connectivity index (χ3v) is 8.57. The van der Waals surface area contributed by atoms with E-state index in [-0.39, 0.29) is 23.4 Å². The van der Waals surface area contributed by atoms with Crippen LogP contribution >= 0.6 is 22.7 Å². The number of aromatic nitrogens is 1. The molecule has 3 aromatic heterocycles. The Hall–Kier alpha value is -2.60. The van der Waals surface area contributed by atoms with E-state index in [1.807, 2.05) is 35.0 Å². The highest BCUT2D eigenvalue weighted by molar-refractivity contribution is 7.89. The molecule has 8 nitrogen and oxygen atoms in total. The van der Waals surface area contributed by atoms with Gasteiger partial charge in [0.25, 0.3) is 11.5 Å². The molecule has 4 heterocycles. The molecule has 0 N–H and O–H groups in total. The van der Waals surface area contributed by atoms with E-state index in [0.717, 1.165) is 30.4 Å². The number of carbonyl (C=O) groups excluding carboxylic acids is 1. The first-order valence-corrected chi connectivity index (χ1v) is 12.6. The molecule has 0 saturated heterocycles. The summed E-state index contributed by atoms with van der Waals surface area (Å²) in [5.41, 5.74) is 0.360. The van der Waals surface area contributed by atoms with Gasteiger partial charge in [-0.05, 0) is 29.0 Å². The lowest BCUT2D eigenvalue weighted by Gasteiger charge is -2.21. The lowest BCUT2D eigenvalue weighted by molar-refractivity contribution is -0.133. The molecule has 11 heteroatoms. The summed E-state index contributed by atoms with van der Waals surface area (Å²) in [6.45, 7) is -0.307. The maximum atomic E-state index is 13.2. The Morgan fingerprint density at radius 2 is 1.90 bits per heavy atom. The molecule has 1 atom stereocenters. The quantitative estimate of drug-likeness (QED) is 0.547. The van der Waals surface area contributed by atoms with Gasteiger partial charge in [-0.3, -0.25) is 9.59 Å². The van der Waals surface area contributed by atoms with Gasteiger partial charge in [0.15, 0.2) is 0 Å². The summed E-state index contributed by atoms with van der Waals surface area (Å²) in [5, 5.41) is 9.89. The van der Waals surface area contributed by atoms with Crippen LogP contribution < -0.4 is 5.56 Å². The van der Waals surface area contributed by atoms with Crippen molar-refractivity contribution >= 4 is 44.3 Å². The van der Waals surface area contributed by atoms with E-state index >= 15 is 0 Å². The van der Waals surface area contributed by atoms with Crippen LogP contribution in [-0.2, 0) is 21.4 Å². The summed E-state index contributed by atoms with van der Waals surface area (Å²) >= 11 is 3.10. The van der Waals surface area contributed by atoms with E-state index in [1.54, 1.807) is 22.7 Å². The minimum Gasteiger partial charge on any atom is -0.305 e. The number of hydrogen-bond donors (Lipinski definition) is 0. The molecule has 1 unspecified atom stereocenters. The van der Waals surface area contributed by atoms with E-state index in [1.165, 1.54) is 31.4 Å². The predicted octanol–water partition coefficient (Wildman–Crippen LogP) is 2.60. The molecule has 0 radical (unpaired) electrons. The first-order chi connectivity index (χ1) is 14.8. The van der Waals surface area contributed by atoms with E-state index < -0.39 is 15.6 Å². The Morgan fingerprint density at radius 3 is 2.55 bits per heavy atom. The summed E-state index contributed by atoms with van der Waals surface area (Å²) < 4.78 is 27.0. The van der Waals surface area contributed by atoms with Crippen LogP contribution in [0, 0.1) is 0 Å². The normalized spacial score (nSPS) is 16.7. The fourth-order valence-electron chi connectivity index (χ4n) is 3.25. The number of rotatable bonds is 6. The zero-order valence-corrected chi connectivity index (χ0v) is 19.3. The Balaban J connectivity index is 1.66. The highest BCUT2D eigenvalue weighted by Gasteiger charge is 2.34. The summed E-state index contributed by atoms with van der Waals surface area (Å²) in [4.78, 5) is 27.5. The second-order valence-corrected chi connectivity index (χ2v) is 11.2. The number of pyridine rings is 1. The number of thiophene rings is 2. The van der Waals surface area contributed by atoms with Crippen LogP contribution in [0.2, 0.25) is 0 Å². The minimum atomic E-state index is -3.73. The molecule has 0 spiro atoms. The van der Waals surface area contributed by atoms with Crippen LogP contribution in [0.5, 0.6) is 0 Å². The Morgan fingerprint density at radius 1 is 1.16 bits per heavy atom. The molecule has 1 aliphatic rings. The number of amides is 1. The molecule has 1 aliphatic heterocycles. The number of hydrazone groups is 1. The Kier molecular flexibility index (Phi) is 5.93. The average molecular weight is 477 g/mol. The number of sulfonamides is 1. The van der Waals surface area contributed by atoms with Gasteiger partial charge in [0.2, 0.25) is 10.0 Å². The lowest BCUT2D eigenvalue weighted by atomic mass is 10.1. The first kappa shape index (κ1) is 21.6. The summed E-state index contributed by atoms with van der Waals surface area (Å²) in [6.07, 6.45) is 1.78. The molecule has 1 amide bonds. The first-order valence-electron chi connectivity index (χ1n) is 9.37. The maximum absolute atomic E-state index is 13.2. The molecule has 0 bridgehead atoms. The van der Waals surface area contributed by atoms with Gasteiger partial charge < -0.3 is 4.57 Å². The van der Waals surface area contributed by atoms with Crippen molar-refractivity contribution in [3.05, 3.63) is 73.5 Å². The number of carbonyl (C=O) groups is 1. The molecule has 0 aromatic carbocycles. The van der Waals surface area contributed by atoms with E-state index in [2.05, 4.69) is 5.10 Å². The van der Waals surface area contributed by atoms with Gasteiger partial charge in [0.1, 0.15) is 6.54 Å². The Labute approximate surface area is 187 Å². The van der Waals surface area contributed by atoms with Crippen molar-refractivity contribution in [2.24, 2.45) is 5.10 Å². The van der Waals surface area contributed by atoms with Crippen molar-refractivity contribution in [2.75, 3.05) is 14.1 Å². The fraction of sp³-hybridized carbons (Fsp3) is 0.250. The van der Waals surface area contributed by atoms with Crippen molar-refractivity contribution in [3.8, 4) is 0 Å². The zero-order valence-electron chi connectivity index (χ0n) is 16.8. The highest BCUT2D eigenvalue weighted by atomic mass is 32.2. The van der Waals surface area contributed by atoms with Gasteiger partial charge in [-0.25, -0.2) is 17.7 Å². The van der Waals surface area contributed by atoms with Crippen LogP contribution in [0.4, 0.5) is 0 Å². The van der Waals surface area contributed by atoms with Crippen LogP contribution in [0.25, 0.3) is 0 Å². The van der Waals surface area contributed by atoms with E-state index in [0.29, 0.717) is 6.42 Å². The van der Waals surface area contributed by atoms with Gasteiger partial charge in [0.05, 0.1) is 21.5 Å². The zero-order chi connectivity index (χ0) is 22.2. The smallest absolute Gasteiger partial charge is 0.263 e. The molecule has 4 rings (SSSR count). The van der Waals surface area contributed by atoms with Crippen molar-refractivity contribution < 1.29 is 13.2 Å². The second kappa shape index (κ2) is 8.50. The molecule has 0 saturated carbocycles. The molecule has 0 aliphatic carbocycles. The summed E-state index contributed by atoms with van der Waals surface area (Å²) in [7, 11) is -0.913. The van der Waals surface area contributed by atoms with Crippen molar-refractivity contribution in [1.29, 1.82) is 0 Å². The number of nitrogens with zero attached hydrogens (tertiary/aromatic N) is 4. The second-order valence-electron chi connectivity index (χ2n) is 7.12. The molecule has 31 heavy (non-hydrogen) atoms. The molecular weight excluding hydrogens is 456 g/mol. The topological polar surface area (TPSA) is 92.0 Å². The highest BCUT2D eigenvalue weighted by Crippen LogP contribution is 2.36. The van der Waals surface area contributed by atoms with Gasteiger partial charge in [-0.1, -0.05) is 12.1 Å². The predicted molar refractivity (Wildman–Crippen MR) is 121 cm³/mol. The van der Waals surface area contributed by atoms with Gasteiger partial charge in [-0.2, -0.15) is 5.10 Å². The number of hydrogen-bond acceptors (Lipinski definition) is 7. The molecular formula is C20H20N4O4S3. The lowest BCUT2D eigenvalue weighted by Crippen LogP contribution is -2.34. The molecule has 162 valence electrons. The minimum absolute atomic E-state index is 0.0519.